The molecule has 0 heterocycles. The first-order valence-electron chi connectivity index (χ1n) is 8.04. The molecule has 0 saturated heterocycles. The highest BCUT2D eigenvalue weighted by molar-refractivity contribution is 5.43. The Morgan fingerprint density at radius 2 is 1.79 bits per heavy atom. The molecule has 2 heteroatoms. The summed E-state index contributed by atoms with van der Waals surface area (Å²) in [6, 6.07) is 16.1. The maximum Gasteiger partial charge on any atom is 0.161 e. The van der Waals surface area contributed by atoms with Crippen LogP contribution in [0.3, 0.4) is 0 Å². The van der Waals surface area contributed by atoms with Gasteiger partial charge in [0.1, 0.15) is 13.2 Å². The van der Waals surface area contributed by atoms with Gasteiger partial charge in [-0.2, -0.15) is 0 Å². The molecule has 0 atom stereocenters. The average molecular weight is 320 g/mol. The minimum atomic E-state index is 0.520. The molecule has 0 aliphatic carbocycles. The van der Waals surface area contributed by atoms with Gasteiger partial charge in [-0.25, -0.2) is 0 Å². The van der Waals surface area contributed by atoms with Crippen LogP contribution in [-0.2, 0) is 6.61 Å². The fraction of sp³-hybridized carbons (Fsp3) is 0.182. The molecule has 0 bridgehead atoms. The van der Waals surface area contributed by atoms with Crippen molar-refractivity contribution in [2.24, 2.45) is 0 Å². The van der Waals surface area contributed by atoms with Crippen LogP contribution in [0.5, 0.6) is 11.5 Å². The molecule has 2 aromatic rings. The van der Waals surface area contributed by atoms with Crippen LogP contribution in [0.4, 0.5) is 0 Å². The van der Waals surface area contributed by atoms with Gasteiger partial charge in [-0.3, -0.25) is 0 Å². The van der Waals surface area contributed by atoms with Gasteiger partial charge in [0.05, 0.1) is 0 Å². The van der Waals surface area contributed by atoms with Crippen molar-refractivity contribution >= 4 is 0 Å². The largest absolute Gasteiger partial charge is 0.485 e. The maximum absolute atomic E-state index is 5.95. The number of hydrogen-bond acceptors (Lipinski definition) is 2. The first kappa shape index (κ1) is 17.6. The van der Waals surface area contributed by atoms with E-state index in [-0.39, 0.29) is 0 Å². The topological polar surface area (TPSA) is 18.5 Å². The van der Waals surface area contributed by atoms with Crippen molar-refractivity contribution in [2.45, 2.75) is 20.5 Å². The van der Waals surface area contributed by atoms with E-state index >= 15 is 0 Å². The molecule has 0 aliphatic heterocycles. The molecule has 2 aromatic carbocycles. The number of allylic oxidation sites excluding steroid dienone is 4. The number of rotatable bonds is 8. The number of hydrogen-bond donors (Lipinski definition) is 0. The molecule has 124 valence electrons. The van der Waals surface area contributed by atoms with Crippen LogP contribution < -0.4 is 9.47 Å². The van der Waals surface area contributed by atoms with E-state index in [1.54, 1.807) is 6.08 Å². The van der Waals surface area contributed by atoms with E-state index in [1.165, 1.54) is 0 Å². The van der Waals surface area contributed by atoms with Gasteiger partial charge in [0.2, 0.25) is 0 Å². The van der Waals surface area contributed by atoms with Crippen LogP contribution in [0.2, 0.25) is 0 Å². The van der Waals surface area contributed by atoms with Gasteiger partial charge in [-0.1, -0.05) is 67.3 Å². The van der Waals surface area contributed by atoms with Crippen molar-refractivity contribution in [3.63, 3.8) is 0 Å². The zero-order valence-corrected chi connectivity index (χ0v) is 14.4. The van der Waals surface area contributed by atoms with E-state index in [9.17, 15) is 0 Å². The molecule has 0 spiro atoms. The van der Waals surface area contributed by atoms with Gasteiger partial charge >= 0.3 is 0 Å². The number of ether oxygens (including phenoxy) is 2. The first-order chi connectivity index (χ1) is 11.7. The highest BCUT2D eigenvalue weighted by atomic mass is 16.5. The minimum absolute atomic E-state index is 0.520. The number of aryl methyl sites for hydroxylation is 1. The third-order valence-electron chi connectivity index (χ3n) is 3.42. The van der Waals surface area contributed by atoms with E-state index in [4.69, 9.17) is 9.47 Å². The fourth-order valence-electron chi connectivity index (χ4n) is 2.12. The van der Waals surface area contributed by atoms with Crippen LogP contribution in [0.25, 0.3) is 0 Å². The highest BCUT2D eigenvalue weighted by Gasteiger charge is 2.06. The Hall–Kier alpha value is -2.74. The molecule has 0 unspecified atom stereocenters. The SMILES string of the molecule is C=C/C=C\C=C(/C)COc1cc(C)ccc1OCc1ccccc1. The van der Waals surface area contributed by atoms with Crippen molar-refractivity contribution in [2.75, 3.05) is 6.61 Å². The van der Waals surface area contributed by atoms with Crippen LogP contribution in [0.1, 0.15) is 18.1 Å². The standard InChI is InChI=1S/C22H24O2/c1-4-5-7-10-19(3)16-23-22-15-18(2)13-14-21(22)24-17-20-11-8-6-9-12-20/h4-15H,1,16-17H2,2-3H3/b7-5-,19-10+. The molecule has 2 rings (SSSR count). The Labute approximate surface area is 144 Å². The molecular weight excluding hydrogens is 296 g/mol. The number of benzene rings is 2. The average Bonchev–Trinajstić information content (AvgIpc) is 2.60. The van der Waals surface area contributed by atoms with Crippen molar-refractivity contribution in [3.8, 4) is 11.5 Å². The Kier molecular flexibility index (Phi) is 6.91. The van der Waals surface area contributed by atoms with Crippen molar-refractivity contribution in [1.82, 2.24) is 0 Å². The predicted molar refractivity (Wildman–Crippen MR) is 101 cm³/mol. The summed E-state index contributed by atoms with van der Waals surface area (Å²) >= 11 is 0. The monoisotopic (exact) mass is 320 g/mol. The summed E-state index contributed by atoms with van der Waals surface area (Å²) in [5.74, 6) is 1.53. The molecule has 0 N–H and O–H groups in total. The van der Waals surface area contributed by atoms with Gasteiger partial charge in [0.25, 0.3) is 0 Å². The summed E-state index contributed by atoms with van der Waals surface area (Å²) in [5, 5.41) is 0. The van der Waals surface area contributed by atoms with Gasteiger partial charge in [-0.05, 0) is 42.7 Å². The lowest BCUT2D eigenvalue weighted by Crippen LogP contribution is -2.02. The van der Waals surface area contributed by atoms with Gasteiger partial charge in [0.15, 0.2) is 11.5 Å². The molecule has 0 aliphatic rings. The van der Waals surface area contributed by atoms with Crippen LogP contribution in [-0.4, -0.2) is 6.61 Å². The fourth-order valence-corrected chi connectivity index (χ4v) is 2.12. The predicted octanol–water partition coefficient (Wildman–Crippen LogP) is 5.64. The van der Waals surface area contributed by atoms with Crippen molar-refractivity contribution in [3.05, 3.63) is 96.1 Å². The summed E-state index contributed by atoms with van der Waals surface area (Å²) in [6.45, 7) is 8.78. The molecule has 0 aromatic heterocycles. The minimum Gasteiger partial charge on any atom is -0.485 e. The maximum atomic E-state index is 5.95. The smallest absolute Gasteiger partial charge is 0.161 e. The lowest BCUT2D eigenvalue weighted by molar-refractivity contribution is 0.272. The lowest BCUT2D eigenvalue weighted by Gasteiger charge is -2.14. The van der Waals surface area contributed by atoms with Crippen molar-refractivity contribution in [1.29, 1.82) is 0 Å². The van der Waals surface area contributed by atoms with Crippen molar-refractivity contribution < 1.29 is 9.47 Å². The van der Waals surface area contributed by atoms with Gasteiger partial charge in [0, 0.05) is 0 Å². The summed E-state index contributed by atoms with van der Waals surface area (Å²) in [7, 11) is 0. The Morgan fingerprint density at radius 1 is 1.00 bits per heavy atom. The van der Waals surface area contributed by atoms with Crippen LogP contribution in [0, 0.1) is 6.92 Å². The van der Waals surface area contributed by atoms with Gasteiger partial charge in [-0.15, -0.1) is 0 Å². The second-order valence-electron chi connectivity index (χ2n) is 5.65. The third-order valence-corrected chi connectivity index (χ3v) is 3.42. The summed E-state index contributed by atoms with van der Waals surface area (Å²) in [5.41, 5.74) is 3.41. The molecule has 24 heavy (non-hydrogen) atoms. The quantitative estimate of drug-likeness (QED) is 0.586. The molecular formula is C22H24O2. The lowest BCUT2D eigenvalue weighted by atomic mass is 10.2. The third kappa shape index (κ3) is 5.81. The first-order valence-corrected chi connectivity index (χ1v) is 8.04. The van der Waals surface area contributed by atoms with Gasteiger partial charge < -0.3 is 9.47 Å². The van der Waals surface area contributed by atoms with E-state index in [2.05, 4.69) is 6.58 Å². The summed E-state index contributed by atoms with van der Waals surface area (Å²) in [4.78, 5) is 0. The van der Waals surface area contributed by atoms with Crippen LogP contribution >= 0.6 is 0 Å². The second kappa shape index (κ2) is 9.41. The zero-order valence-electron chi connectivity index (χ0n) is 14.4. The summed E-state index contributed by atoms with van der Waals surface area (Å²) < 4.78 is 11.9. The molecule has 0 fully saturated rings. The van der Waals surface area contributed by atoms with E-state index in [0.29, 0.717) is 13.2 Å². The van der Waals surface area contributed by atoms with E-state index in [1.807, 2.05) is 80.6 Å². The normalized spacial score (nSPS) is 11.5. The van der Waals surface area contributed by atoms with E-state index < -0.39 is 0 Å². The van der Waals surface area contributed by atoms with E-state index in [0.717, 1.165) is 28.2 Å². The second-order valence-corrected chi connectivity index (χ2v) is 5.65. The highest BCUT2D eigenvalue weighted by Crippen LogP contribution is 2.29. The molecule has 0 radical (unpaired) electrons. The Bertz CT molecular complexity index is 712. The molecule has 0 saturated carbocycles. The summed E-state index contributed by atoms with van der Waals surface area (Å²) in [6.07, 6.45) is 7.61. The Morgan fingerprint density at radius 3 is 2.54 bits per heavy atom. The Balaban J connectivity index is 2.03. The molecule has 2 nitrogen and oxygen atoms in total. The van der Waals surface area contributed by atoms with Crippen LogP contribution in [0.15, 0.2) is 85.0 Å². The molecule has 0 amide bonds. The zero-order chi connectivity index (χ0) is 17.2.